The Morgan fingerprint density at radius 2 is 2.33 bits per heavy atom. The second-order valence-electron chi connectivity index (χ2n) is 4.36. The zero-order valence-electron chi connectivity index (χ0n) is 10.8. The lowest BCUT2D eigenvalue weighted by Gasteiger charge is -2.25. The number of methoxy groups -OCH3 is 1. The number of benzene rings is 1. The highest BCUT2D eigenvalue weighted by atomic mass is 16.5. The van der Waals surface area contributed by atoms with E-state index in [-0.39, 0.29) is 11.9 Å². The third kappa shape index (κ3) is 2.94. The molecule has 98 valence electrons. The van der Waals surface area contributed by atoms with Crippen LogP contribution in [0.3, 0.4) is 0 Å². The molecule has 0 aromatic heterocycles. The van der Waals surface area contributed by atoms with Gasteiger partial charge in [0.25, 0.3) is 0 Å². The van der Waals surface area contributed by atoms with Gasteiger partial charge >= 0.3 is 5.97 Å². The van der Waals surface area contributed by atoms with Gasteiger partial charge in [-0.2, -0.15) is 0 Å². The van der Waals surface area contributed by atoms with E-state index in [4.69, 9.17) is 14.2 Å². The van der Waals surface area contributed by atoms with E-state index in [2.05, 4.69) is 0 Å². The van der Waals surface area contributed by atoms with E-state index < -0.39 is 0 Å². The van der Waals surface area contributed by atoms with Crippen LogP contribution in [-0.4, -0.2) is 26.3 Å². The molecule has 0 spiro atoms. The van der Waals surface area contributed by atoms with E-state index in [1.807, 2.05) is 25.1 Å². The van der Waals surface area contributed by atoms with Crippen LogP contribution in [0.25, 0.3) is 0 Å². The van der Waals surface area contributed by atoms with Crippen molar-refractivity contribution in [2.45, 2.75) is 19.8 Å². The van der Waals surface area contributed by atoms with Crippen LogP contribution < -0.4 is 9.47 Å². The second kappa shape index (κ2) is 5.76. The summed E-state index contributed by atoms with van der Waals surface area (Å²) in [4.78, 5) is 11.4. The molecule has 0 N–H and O–H groups in total. The van der Waals surface area contributed by atoms with Crippen LogP contribution in [0.5, 0.6) is 11.5 Å². The number of fused-ring (bicyclic) bond motifs is 1. The van der Waals surface area contributed by atoms with E-state index in [1.54, 1.807) is 7.11 Å². The van der Waals surface area contributed by atoms with Gasteiger partial charge in [0, 0.05) is 5.92 Å². The van der Waals surface area contributed by atoms with Gasteiger partial charge in [-0.3, -0.25) is 4.79 Å². The van der Waals surface area contributed by atoms with Crippen molar-refractivity contribution in [3.05, 3.63) is 23.8 Å². The number of esters is 1. The first-order valence-electron chi connectivity index (χ1n) is 6.18. The van der Waals surface area contributed by atoms with Crippen molar-refractivity contribution in [3.63, 3.8) is 0 Å². The van der Waals surface area contributed by atoms with Crippen LogP contribution in [0.4, 0.5) is 0 Å². The molecular weight excluding hydrogens is 232 g/mol. The molecule has 0 saturated carbocycles. The Morgan fingerprint density at radius 1 is 1.50 bits per heavy atom. The van der Waals surface area contributed by atoms with Gasteiger partial charge in [-0.05, 0) is 37.1 Å². The fourth-order valence-corrected chi connectivity index (χ4v) is 2.15. The van der Waals surface area contributed by atoms with Gasteiger partial charge < -0.3 is 14.2 Å². The van der Waals surface area contributed by atoms with Crippen molar-refractivity contribution in [1.29, 1.82) is 0 Å². The Kier molecular flexibility index (Phi) is 4.07. The Morgan fingerprint density at radius 3 is 3.06 bits per heavy atom. The maximum atomic E-state index is 11.4. The summed E-state index contributed by atoms with van der Waals surface area (Å²) in [5.74, 6) is 1.73. The maximum Gasteiger partial charge on any atom is 0.306 e. The number of hydrogen-bond donors (Lipinski definition) is 0. The summed E-state index contributed by atoms with van der Waals surface area (Å²) < 4.78 is 15.8. The Balaban J connectivity index is 2.02. The first-order chi connectivity index (χ1) is 8.72. The quantitative estimate of drug-likeness (QED) is 0.768. The van der Waals surface area contributed by atoms with Crippen molar-refractivity contribution < 1.29 is 19.0 Å². The molecule has 0 saturated heterocycles. The van der Waals surface area contributed by atoms with Gasteiger partial charge in [-0.1, -0.05) is 0 Å². The second-order valence-corrected chi connectivity index (χ2v) is 4.36. The van der Waals surface area contributed by atoms with E-state index in [0.29, 0.717) is 19.6 Å². The summed E-state index contributed by atoms with van der Waals surface area (Å²) in [5.41, 5.74) is 1.09. The monoisotopic (exact) mass is 250 g/mol. The molecule has 1 aliphatic rings. The molecule has 18 heavy (non-hydrogen) atoms. The predicted octanol–water partition coefficient (Wildman–Crippen LogP) is 2.20. The average molecular weight is 250 g/mol. The van der Waals surface area contributed by atoms with Gasteiger partial charge in [0.15, 0.2) is 0 Å². The van der Waals surface area contributed by atoms with Crippen LogP contribution in [0.1, 0.15) is 18.9 Å². The fourth-order valence-electron chi connectivity index (χ4n) is 2.15. The number of ether oxygens (including phenoxy) is 3. The summed E-state index contributed by atoms with van der Waals surface area (Å²) in [6, 6.07) is 5.76. The minimum Gasteiger partial charge on any atom is -0.497 e. The summed E-state index contributed by atoms with van der Waals surface area (Å²) in [5, 5.41) is 0. The van der Waals surface area contributed by atoms with Crippen molar-refractivity contribution in [2.75, 3.05) is 20.3 Å². The SMILES string of the molecule is CCOC(=O)CC1COc2ccc(OC)cc2C1. The van der Waals surface area contributed by atoms with E-state index >= 15 is 0 Å². The van der Waals surface area contributed by atoms with Gasteiger partial charge in [0.1, 0.15) is 11.5 Å². The summed E-state index contributed by atoms with van der Waals surface area (Å²) in [6.45, 7) is 2.81. The molecule has 4 nitrogen and oxygen atoms in total. The zero-order chi connectivity index (χ0) is 13.0. The molecule has 1 aliphatic heterocycles. The Labute approximate surface area is 107 Å². The minimum atomic E-state index is -0.155. The lowest BCUT2D eigenvalue weighted by molar-refractivity contribution is -0.144. The van der Waals surface area contributed by atoms with Gasteiger partial charge in [0.2, 0.25) is 0 Å². The van der Waals surface area contributed by atoms with Crippen molar-refractivity contribution in [3.8, 4) is 11.5 Å². The number of carbonyl (C=O) groups is 1. The Hall–Kier alpha value is -1.71. The minimum absolute atomic E-state index is 0.155. The normalized spacial score (nSPS) is 17.6. The number of rotatable bonds is 4. The maximum absolute atomic E-state index is 11.4. The number of hydrogen-bond acceptors (Lipinski definition) is 4. The van der Waals surface area contributed by atoms with Gasteiger partial charge in [0.05, 0.1) is 26.7 Å². The highest BCUT2D eigenvalue weighted by Crippen LogP contribution is 2.31. The first-order valence-corrected chi connectivity index (χ1v) is 6.18. The van der Waals surface area contributed by atoms with Crippen molar-refractivity contribution >= 4 is 5.97 Å². The lowest BCUT2D eigenvalue weighted by Crippen LogP contribution is -2.24. The zero-order valence-corrected chi connectivity index (χ0v) is 10.8. The predicted molar refractivity (Wildman–Crippen MR) is 66.9 cm³/mol. The highest BCUT2D eigenvalue weighted by Gasteiger charge is 2.23. The third-order valence-electron chi connectivity index (χ3n) is 3.01. The lowest BCUT2D eigenvalue weighted by atomic mass is 9.94. The molecular formula is C14H18O4. The average Bonchev–Trinajstić information content (AvgIpc) is 2.38. The third-order valence-corrected chi connectivity index (χ3v) is 3.01. The highest BCUT2D eigenvalue weighted by molar-refractivity contribution is 5.69. The van der Waals surface area contributed by atoms with Crippen LogP contribution in [-0.2, 0) is 16.0 Å². The van der Waals surface area contributed by atoms with Crippen LogP contribution in [0.15, 0.2) is 18.2 Å². The van der Waals surface area contributed by atoms with Crippen LogP contribution in [0, 0.1) is 5.92 Å². The molecule has 2 rings (SSSR count). The molecule has 1 atom stereocenters. The van der Waals surface area contributed by atoms with Gasteiger partial charge in [-0.15, -0.1) is 0 Å². The molecule has 1 heterocycles. The summed E-state index contributed by atoms with van der Waals surface area (Å²) in [7, 11) is 1.64. The molecule has 0 bridgehead atoms. The summed E-state index contributed by atoms with van der Waals surface area (Å²) in [6.07, 6.45) is 1.23. The van der Waals surface area contributed by atoms with Crippen LogP contribution in [0.2, 0.25) is 0 Å². The van der Waals surface area contributed by atoms with Crippen molar-refractivity contribution in [1.82, 2.24) is 0 Å². The standard InChI is InChI=1S/C14H18O4/c1-3-17-14(15)7-10-6-11-8-12(16-2)4-5-13(11)18-9-10/h4-5,8,10H,3,6-7,9H2,1-2H3. The molecule has 4 heteroatoms. The molecule has 1 unspecified atom stereocenters. The molecule has 1 aromatic carbocycles. The number of carbonyl (C=O) groups excluding carboxylic acids is 1. The van der Waals surface area contributed by atoms with E-state index in [1.165, 1.54) is 0 Å². The summed E-state index contributed by atoms with van der Waals surface area (Å²) >= 11 is 0. The smallest absolute Gasteiger partial charge is 0.306 e. The topological polar surface area (TPSA) is 44.8 Å². The van der Waals surface area contributed by atoms with Gasteiger partial charge in [-0.25, -0.2) is 0 Å². The molecule has 1 aromatic rings. The van der Waals surface area contributed by atoms with E-state index in [9.17, 15) is 4.79 Å². The molecule has 0 aliphatic carbocycles. The van der Waals surface area contributed by atoms with Crippen LogP contribution >= 0.6 is 0 Å². The fraction of sp³-hybridized carbons (Fsp3) is 0.500. The van der Waals surface area contributed by atoms with E-state index in [0.717, 1.165) is 23.5 Å². The Bertz CT molecular complexity index is 428. The molecule has 0 fully saturated rings. The molecule has 0 amide bonds. The molecule has 0 radical (unpaired) electrons. The first kappa shape index (κ1) is 12.7. The van der Waals surface area contributed by atoms with Crippen molar-refractivity contribution in [2.24, 2.45) is 5.92 Å². The largest absolute Gasteiger partial charge is 0.497 e.